The monoisotopic (exact) mass is 401 g/mol. The number of ether oxygens (including phenoxy) is 1. The fourth-order valence-electron chi connectivity index (χ4n) is 2.04. The number of nitrogens with two attached hydrogens (primary N) is 1. The van der Waals surface area contributed by atoms with Crippen LogP contribution in [0.1, 0.15) is 17.7 Å². The van der Waals surface area contributed by atoms with E-state index >= 15 is 0 Å². The van der Waals surface area contributed by atoms with Crippen LogP contribution in [0.25, 0.3) is 0 Å². The lowest BCUT2D eigenvalue weighted by atomic mass is 10.3. The number of hydrogen-bond donors (Lipinski definition) is 2. The van der Waals surface area contributed by atoms with Gasteiger partial charge in [0.2, 0.25) is 5.88 Å². The number of halogens is 4. The van der Waals surface area contributed by atoms with Gasteiger partial charge in [-0.15, -0.1) is 0 Å². The van der Waals surface area contributed by atoms with E-state index in [4.69, 9.17) is 22.1 Å². The maximum atomic E-state index is 12.5. The molecule has 0 aliphatic carbocycles. The molecule has 2 rings (SSSR count). The third-order valence-corrected chi connectivity index (χ3v) is 3.64. The van der Waals surface area contributed by atoms with Crippen LogP contribution in [0.3, 0.4) is 0 Å². The molecule has 0 amide bonds. The quantitative estimate of drug-likeness (QED) is 0.403. The van der Waals surface area contributed by atoms with Crippen molar-refractivity contribution in [2.75, 3.05) is 19.7 Å². The van der Waals surface area contributed by atoms with Gasteiger partial charge in [-0.2, -0.15) is 13.2 Å². The second-order valence-corrected chi connectivity index (χ2v) is 5.88. The summed E-state index contributed by atoms with van der Waals surface area (Å²) in [5, 5.41) is 2.79. The molecule has 2 aromatic rings. The topological polar surface area (TPSA) is 85.4 Å². The van der Waals surface area contributed by atoms with E-state index in [1.807, 2.05) is 18.2 Å². The summed E-state index contributed by atoms with van der Waals surface area (Å²) in [6.45, 7) is 1.19. The van der Waals surface area contributed by atoms with Crippen LogP contribution in [-0.2, 0) is 12.6 Å². The Balaban J connectivity index is 1.66. The summed E-state index contributed by atoms with van der Waals surface area (Å²) in [4.78, 5) is 11.9. The van der Waals surface area contributed by atoms with Crippen LogP contribution in [-0.4, -0.2) is 35.6 Å². The Morgan fingerprint density at radius 2 is 2.11 bits per heavy atom. The molecule has 27 heavy (non-hydrogen) atoms. The zero-order chi connectivity index (χ0) is 19.7. The van der Waals surface area contributed by atoms with Gasteiger partial charge in [0, 0.05) is 44.0 Å². The SMILES string of the molecule is NC(=NCCCOc1ncc(C(F)(F)F)cc1Cl)NCCc1ccccn1. The number of alkyl halides is 3. The van der Waals surface area contributed by atoms with E-state index in [0.29, 0.717) is 31.7 Å². The van der Waals surface area contributed by atoms with E-state index < -0.39 is 11.7 Å². The Bertz CT molecular complexity index is 756. The van der Waals surface area contributed by atoms with Crippen LogP contribution in [0.15, 0.2) is 41.7 Å². The molecule has 0 saturated heterocycles. The summed E-state index contributed by atoms with van der Waals surface area (Å²) in [6, 6.07) is 6.47. The summed E-state index contributed by atoms with van der Waals surface area (Å²) in [7, 11) is 0. The number of nitrogens with zero attached hydrogens (tertiary/aromatic N) is 3. The lowest BCUT2D eigenvalue weighted by Crippen LogP contribution is -2.33. The summed E-state index contributed by atoms with van der Waals surface area (Å²) in [5.74, 6) is 0.256. The highest BCUT2D eigenvalue weighted by atomic mass is 35.5. The van der Waals surface area contributed by atoms with E-state index in [0.717, 1.165) is 18.2 Å². The number of pyridine rings is 2. The van der Waals surface area contributed by atoms with Gasteiger partial charge in [-0.05, 0) is 18.2 Å². The molecule has 0 saturated carbocycles. The van der Waals surface area contributed by atoms with Crippen LogP contribution in [0.4, 0.5) is 13.2 Å². The Labute approximate surface area is 159 Å². The number of hydrogen-bond acceptors (Lipinski definition) is 4. The molecule has 0 aliphatic rings. The van der Waals surface area contributed by atoms with Gasteiger partial charge >= 0.3 is 6.18 Å². The highest BCUT2D eigenvalue weighted by molar-refractivity contribution is 6.31. The fourth-order valence-corrected chi connectivity index (χ4v) is 2.26. The maximum absolute atomic E-state index is 12.5. The predicted molar refractivity (Wildman–Crippen MR) is 96.8 cm³/mol. The minimum absolute atomic E-state index is 0.0462. The number of aliphatic imine (C=N–C) groups is 1. The van der Waals surface area contributed by atoms with Gasteiger partial charge in [0.25, 0.3) is 0 Å². The fraction of sp³-hybridized carbons (Fsp3) is 0.353. The van der Waals surface area contributed by atoms with Crippen LogP contribution in [0.5, 0.6) is 5.88 Å². The average Bonchev–Trinajstić information content (AvgIpc) is 2.62. The number of aromatic nitrogens is 2. The normalized spacial score (nSPS) is 12.1. The molecule has 146 valence electrons. The van der Waals surface area contributed by atoms with Crippen LogP contribution in [0.2, 0.25) is 5.02 Å². The van der Waals surface area contributed by atoms with Crippen molar-refractivity contribution in [1.29, 1.82) is 0 Å². The Morgan fingerprint density at radius 1 is 1.30 bits per heavy atom. The smallest absolute Gasteiger partial charge is 0.417 e. The molecular formula is C17H19ClF3N5O. The van der Waals surface area contributed by atoms with Gasteiger partial charge < -0.3 is 15.8 Å². The molecule has 10 heteroatoms. The molecule has 0 aliphatic heterocycles. The number of nitrogens with one attached hydrogen (secondary N) is 1. The van der Waals surface area contributed by atoms with Crippen LogP contribution in [0, 0.1) is 0 Å². The van der Waals surface area contributed by atoms with E-state index in [1.54, 1.807) is 6.20 Å². The first-order valence-corrected chi connectivity index (χ1v) is 8.53. The van der Waals surface area contributed by atoms with Crippen molar-refractivity contribution in [3.8, 4) is 5.88 Å². The summed E-state index contributed by atoms with van der Waals surface area (Å²) < 4.78 is 42.9. The summed E-state index contributed by atoms with van der Waals surface area (Å²) in [5.41, 5.74) is 5.78. The van der Waals surface area contributed by atoms with Crippen molar-refractivity contribution in [3.05, 3.63) is 52.9 Å². The average molecular weight is 402 g/mol. The van der Waals surface area contributed by atoms with Crippen molar-refractivity contribution in [1.82, 2.24) is 15.3 Å². The van der Waals surface area contributed by atoms with E-state index in [-0.39, 0.29) is 17.5 Å². The minimum Gasteiger partial charge on any atom is -0.477 e. The molecule has 2 heterocycles. The molecule has 0 atom stereocenters. The lowest BCUT2D eigenvalue weighted by molar-refractivity contribution is -0.137. The Morgan fingerprint density at radius 3 is 2.78 bits per heavy atom. The zero-order valence-electron chi connectivity index (χ0n) is 14.3. The second-order valence-electron chi connectivity index (χ2n) is 5.48. The molecule has 0 bridgehead atoms. The van der Waals surface area contributed by atoms with Gasteiger partial charge in [0.1, 0.15) is 5.02 Å². The standard InChI is InChI=1S/C17H19ClF3N5O/c18-14-10-12(17(19,20)21)11-26-15(14)27-9-3-7-24-16(22)25-8-5-13-4-1-2-6-23-13/h1-2,4,6,10-11H,3,5,7-9H2,(H3,22,24,25). The van der Waals surface area contributed by atoms with Gasteiger partial charge in [-0.3, -0.25) is 9.98 Å². The van der Waals surface area contributed by atoms with Crippen molar-refractivity contribution in [2.24, 2.45) is 10.7 Å². The molecule has 0 fully saturated rings. The molecule has 2 aromatic heterocycles. The van der Waals surface area contributed by atoms with E-state index in [1.165, 1.54) is 0 Å². The van der Waals surface area contributed by atoms with Gasteiger partial charge in [-0.25, -0.2) is 4.98 Å². The third kappa shape index (κ3) is 7.30. The van der Waals surface area contributed by atoms with Gasteiger partial charge in [0.15, 0.2) is 5.96 Å². The lowest BCUT2D eigenvalue weighted by Gasteiger charge is -2.10. The first-order valence-electron chi connectivity index (χ1n) is 8.15. The molecule has 3 N–H and O–H groups in total. The Kier molecular flexibility index (Phi) is 7.66. The maximum Gasteiger partial charge on any atom is 0.417 e. The van der Waals surface area contributed by atoms with Crippen molar-refractivity contribution < 1.29 is 17.9 Å². The van der Waals surface area contributed by atoms with Crippen molar-refractivity contribution in [2.45, 2.75) is 19.0 Å². The molecule has 0 radical (unpaired) electrons. The summed E-state index contributed by atoms with van der Waals surface area (Å²) in [6.07, 6.45) is -0.863. The van der Waals surface area contributed by atoms with Crippen molar-refractivity contribution >= 4 is 17.6 Å². The highest BCUT2D eigenvalue weighted by Gasteiger charge is 2.31. The van der Waals surface area contributed by atoms with E-state index in [2.05, 4.69) is 20.3 Å². The first-order chi connectivity index (χ1) is 12.9. The Hall–Kier alpha value is -2.55. The minimum atomic E-state index is -4.50. The molecule has 0 spiro atoms. The molecular weight excluding hydrogens is 383 g/mol. The molecule has 0 unspecified atom stereocenters. The number of rotatable bonds is 8. The van der Waals surface area contributed by atoms with Gasteiger partial charge in [0.05, 0.1) is 12.2 Å². The van der Waals surface area contributed by atoms with Gasteiger partial charge in [-0.1, -0.05) is 17.7 Å². The number of guanidine groups is 1. The third-order valence-electron chi connectivity index (χ3n) is 3.37. The molecule has 6 nitrogen and oxygen atoms in total. The predicted octanol–water partition coefficient (Wildman–Crippen LogP) is 3.06. The van der Waals surface area contributed by atoms with E-state index in [9.17, 15) is 13.2 Å². The first kappa shape index (κ1) is 20.8. The molecule has 0 aromatic carbocycles. The zero-order valence-corrected chi connectivity index (χ0v) is 15.1. The van der Waals surface area contributed by atoms with Crippen LogP contribution >= 0.6 is 11.6 Å². The highest BCUT2D eigenvalue weighted by Crippen LogP contribution is 2.33. The second kappa shape index (κ2) is 9.96. The van der Waals surface area contributed by atoms with Crippen LogP contribution < -0.4 is 15.8 Å². The van der Waals surface area contributed by atoms with Crippen molar-refractivity contribution in [3.63, 3.8) is 0 Å². The summed E-state index contributed by atoms with van der Waals surface area (Å²) >= 11 is 5.76. The largest absolute Gasteiger partial charge is 0.477 e.